The normalized spacial score (nSPS) is 19.7. The second kappa shape index (κ2) is 5.04. The average molecular weight is 373 g/mol. The lowest BCUT2D eigenvalue weighted by atomic mass is 10.2. The van der Waals surface area contributed by atoms with Gasteiger partial charge in [-0.25, -0.2) is 4.68 Å². The Morgan fingerprint density at radius 3 is 3.00 bits per heavy atom. The van der Waals surface area contributed by atoms with E-state index in [4.69, 9.17) is 4.74 Å². The second-order valence-electron chi connectivity index (χ2n) is 4.52. The molecule has 1 unspecified atom stereocenters. The lowest BCUT2D eigenvalue weighted by Crippen LogP contribution is -2.19. The summed E-state index contributed by atoms with van der Waals surface area (Å²) in [7, 11) is 0. The van der Waals surface area contributed by atoms with Gasteiger partial charge in [0.05, 0.1) is 10.4 Å². The molecule has 0 spiro atoms. The Hall–Kier alpha value is -1.22. The number of nitrogens with zero attached hydrogens (tertiary/aromatic N) is 3. The van der Waals surface area contributed by atoms with E-state index in [0.29, 0.717) is 0 Å². The number of hydrogen-bond donors (Lipinski definition) is 0. The molecule has 0 radical (unpaired) electrons. The first kappa shape index (κ1) is 12.8. The van der Waals surface area contributed by atoms with Crippen LogP contribution in [0.5, 0.6) is 0 Å². The van der Waals surface area contributed by atoms with Crippen LogP contribution >= 0.6 is 22.6 Å². The minimum Gasteiger partial charge on any atom is -0.356 e. The van der Waals surface area contributed by atoms with Gasteiger partial charge < -0.3 is 4.74 Å². The van der Waals surface area contributed by atoms with Gasteiger partial charge in [-0.1, -0.05) is 0 Å². The standard InChI is InChI=1S/C12H12IN3O3/c13-12-9-7-8(16(17)18)4-5-10(9)15(14-12)11-3-1-2-6-19-11/h4-5,7,11H,1-3,6H2. The zero-order valence-electron chi connectivity index (χ0n) is 10.1. The van der Waals surface area contributed by atoms with Gasteiger partial charge in [0.2, 0.25) is 0 Å². The van der Waals surface area contributed by atoms with E-state index in [-0.39, 0.29) is 16.8 Å². The number of fused-ring (bicyclic) bond motifs is 1. The van der Waals surface area contributed by atoms with Gasteiger partial charge in [0, 0.05) is 24.1 Å². The molecule has 1 atom stereocenters. The van der Waals surface area contributed by atoms with E-state index in [1.54, 1.807) is 12.1 Å². The zero-order valence-corrected chi connectivity index (χ0v) is 12.2. The van der Waals surface area contributed by atoms with Crippen molar-refractivity contribution in [3.63, 3.8) is 0 Å². The highest BCUT2D eigenvalue weighted by Gasteiger charge is 2.21. The minimum absolute atomic E-state index is 0.0544. The van der Waals surface area contributed by atoms with Crippen molar-refractivity contribution in [1.29, 1.82) is 0 Å². The summed E-state index contributed by atoms with van der Waals surface area (Å²) in [5, 5.41) is 16.1. The lowest BCUT2D eigenvalue weighted by Gasteiger charge is -2.23. The summed E-state index contributed by atoms with van der Waals surface area (Å²) in [6.07, 6.45) is 3.08. The molecule has 1 fully saturated rings. The molecule has 0 aliphatic carbocycles. The van der Waals surface area contributed by atoms with Crippen molar-refractivity contribution in [2.45, 2.75) is 25.5 Å². The van der Waals surface area contributed by atoms with Crippen LogP contribution in [-0.4, -0.2) is 21.3 Å². The third-order valence-electron chi connectivity index (χ3n) is 3.28. The molecule has 100 valence electrons. The Morgan fingerprint density at radius 2 is 2.32 bits per heavy atom. The Kier molecular flexibility index (Phi) is 3.40. The van der Waals surface area contributed by atoms with E-state index in [9.17, 15) is 10.1 Å². The Labute approximate surface area is 123 Å². The van der Waals surface area contributed by atoms with E-state index in [1.165, 1.54) is 6.07 Å². The van der Waals surface area contributed by atoms with Crippen LogP contribution in [0.15, 0.2) is 18.2 Å². The predicted molar refractivity (Wildman–Crippen MR) is 77.9 cm³/mol. The van der Waals surface area contributed by atoms with Gasteiger partial charge in [0.1, 0.15) is 3.70 Å². The molecule has 0 bridgehead atoms. The molecule has 6 nitrogen and oxygen atoms in total. The first-order valence-electron chi connectivity index (χ1n) is 6.10. The molecule has 7 heteroatoms. The van der Waals surface area contributed by atoms with E-state index in [1.807, 2.05) is 4.68 Å². The maximum Gasteiger partial charge on any atom is 0.270 e. The van der Waals surface area contributed by atoms with Gasteiger partial charge in [0.25, 0.3) is 5.69 Å². The summed E-state index contributed by atoms with van der Waals surface area (Å²) in [5.41, 5.74) is 0.983. The monoisotopic (exact) mass is 373 g/mol. The van der Waals surface area contributed by atoms with E-state index in [2.05, 4.69) is 27.7 Å². The molecule has 0 amide bonds. The van der Waals surface area contributed by atoms with Crippen LogP contribution in [-0.2, 0) is 4.74 Å². The molecule has 0 saturated carbocycles. The fourth-order valence-corrected chi connectivity index (χ4v) is 3.01. The molecular weight excluding hydrogens is 361 g/mol. The largest absolute Gasteiger partial charge is 0.356 e. The fourth-order valence-electron chi connectivity index (χ4n) is 2.34. The van der Waals surface area contributed by atoms with Crippen molar-refractivity contribution >= 4 is 39.2 Å². The number of rotatable bonds is 2. The van der Waals surface area contributed by atoms with Crippen molar-refractivity contribution in [3.8, 4) is 0 Å². The third kappa shape index (κ3) is 2.32. The molecule has 2 heterocycles. The van der Waals surface area contributed by atoms with Crippen molar-refractivity contribution in [2.24, 2.45) is 0 Å². The molecule has 1 aromatic carbocycles. The van der Waals surface area contributed by atoms with Gasteiger partial charge in [-0.2, -0.15) is 5.10 Å². The highest BCUT2D eigenvalue weighted by Crippen LogP contribution is 2.30. The highest BCUT2D eigenvalue weighted by molar-refractivity contribution is 14.1. The van der Waals surface area contributed by atoms with Crippen LogP contribution in [0.4, 0.5) is 5.69 Å². The highest BCUT2D eigenvalue weighted by atomic mass is 127. The molecule has 2 aromatic rings. The Morgan fingerprint density at radius 1 is 1.47 bits per heavy atom. The summed E-state index contributed by atoms with van der Waals surface area (Å²) >= 11 is 2.11. The topological polar surface area (TPSA) is 70.2 Å². The minimum atomic E-state index is -0.385. The van der Waals surface area contributed by atoms with Crippen LogP contribution in [0.25, 0.3) is 10.9 Å². The Bertz CT molecular complexity index is 634. The summed E-state index contributed by atoms with van der Waals surface area (Å²) in [5.74, 6) is 0. The van der Waals surface area contributed by atoms with E-state index < -0.39 is 0 Å². The number of nitro benzene ring substituents is 1. The van der Waals surface area contributed by atoms with E-state index >= 15 is 0 Å². The molecule has 1 aliphatic heterocycles. The molecule has 1 aliphatic rings. The van der Waals surface area contributed by atoms with Crippen LogP contribution in [0.1, 0.15) is 25.5 Å². The fraction of sp³-hybridized carbons (Fsp3) is 0.417. The second-order valence-corrected chi connectivity index (χ2v) is 5.54. The van der Waals surface area contributed by atoms with Gasteiger partial charge in [-0.3, -0.25) is 10.1 Å². The first-order valence-corrected chi connectivity index (χ1v) is 7.18. The maximum atomic E-state index is 10.8. The summed E-state index contributed by atoms with van der Waals surface area (Å²) in [6.45, 7) is 0.746. The molecule has 1 saturated heterocycles. The molecular formula is C12H12IN3O3. The summed E-state index contributed by atoms with van der Waals surface area (Å²) in [4.78, 5) is 10.4. The number of halogens is 1. The first-order chi connectivity index (χ1) is 9.16. The molecule has 19 heavy (non-hydrogen) atoms. The molecule has 0 N–H and O–H groups in total. The van der Waals surface area contributed by atoms with Gasteiger partial charge in [0.15, 0.2) is 6.23 Å². The predicted octanol–water partition coefficient (Wildman–Crippen LogP) is 3.25. The van der Waals surface area contributed by atoms with Crippen molar-refractivity contribution < 1.29 is 9.66 Å². The number of benzene rings is 1. The quantitative estimate of drug-likeness (QED) is 0.460. The number of non-ortho nitro benzene ring substituents is 1. The summed E-state index contributed by atoms with van der Waals surface area (Å²) < 4.78 is 8.34. The molecule has 1 aromatic heterocycles. The zero-order chi connectivity index (χ0) is 13.4. The van der Waals surface area contributed by atoms with Crippen molar-refractivity contribution in [3.05, 3.63) is 32.0 Å². The lowest BCUT2D eigenvalue weighted by molar-refractivity contribution is -0.384. The maximum absolute atomic E-state index is 10.8. The Balaban J connectivity index is 2.08. The van der Waals surface area contributed by atoms with Crippen molar-refractivity contribution in [1.82, 2.24) is 9.78 Å². The van der Waals surface area contributed by atoms with Crippen LogP contribution in [0.2, 0.25) is 0 Å². The van der Waals surface area contributed by atoms with Crippen LogP contribution in [0.3, 0.4) is 0 Å². The number of ether oxygens (including phenoxy) is 1. The van der Waals surface area contributed by atoms with Gasteiger partial charge in [-0.15, -0.1) is 0 Å². The summed E-state index contributed by atoms with van der Waals surface area (Å²) in [6, 6.07) is 4.84. The van der Waals surface area contributed by atoms with E-state index in [0.717, 1.165) is 40.5 Å². The third-order valence-corrected chi connectivity index (χ3v) is 4.08. The molecule has 3 rings (SSSR count). The van der Waals surface area contributed by atoms with Crippen LogP contribution < -0.4 is 0 Å². The number of hydrogen-bond acceptors (Lipinski definition) is 4. The number of nitro groups is 1. The van der Waals surface area contributed by atoms with Crippen LogP contribution in [0, 0.1) is 13.8 Å². The number of aromatic nitrogens is 2. The smallest absolute Gasteiger partial charge is 0.270 e. The SMILES string of the molecule is O=[N+]([O-])c1ccc2c(c1)c(I)nn2C1CCCCO1. The van der Waals surface area contributed by atoms with Gasteiger partial charge in [-0.05, 0) is 47.9 Å². The van der Waals surface area contributed by atoms with Gasteiger partial charge >= 0.3 is 0 Å². The average Bonchev–Trinajstić information content (AvgIpc) is 2.77. The van der Waals surface area contributed by atoms with Crippen molar-refractivity contribution in [2.75, 3.05) is 6.61 Å².